The summed E-state index contributed by atoms with van der Waals surface area (Å²) in [4.78, 5) is 54.2. The molecule has 4 rings (SSSR count). The predicted octanol–water partition coefficient (Wildman–Crippen LogP) is 1.31. The molecule has 2 heterocycles. The zero-order valence-corrected chi connectivity index (χ0v) is 21.3. The van der Waals surface area contributed by atoms with Crippen molar-refractivity contribution in [3.05, 3.63) is 63.7 Å². The number of hydrogen-bond acceptors (Lipinski definition) is 5. The van der Waals surface area contributed by atoms with Crippen LogP contribution in [0.4, 0.5) is 10.5 Å². The first kappa shape index (κ1) is 26.5. The number of nitrogens with zero attached hydrogens (tertiary/aromatic N) is 2. The number of nitrogens with one attached hydrogen (secondary N) is 4. The van der Waals surface area contributed by atoms with Crippen molar-refractivity contribution in [2.24, 2.45) is 10.7 Å². The molecule has 2 aromatic rings. The zero-order chi connectivity index (χ0) is 27.2. The van der Waals surface area contributed by atoms with Gasteiger partial charge < -0.3 is 26.6 Å². The van der Waals surface area contributed by atoms with Crippen LogP contribution in [-0.2, 0) is 22.7 Å². The number of aliphatic imine (C=N–C) groups is 1. The molecule has 0 aliphatic carbocycles. The molecular formula is C26H26ClN7O4. The Kier molecular flexibility index (Phi) is 8.13. The van der Waals surface area contributed by atoms with Crippen LogP contribution in [0, 0.1) is 11.8 Å². The minimum absolute atomic E-state index is 0.198. The topological polar surface area (TPSA) is 158 Å². The highest BCUT2D eigenvalue weighted by Crippen LogP contribution is 2.28. The molecule has 1 saturated heterocycles. The second-order valence-electron chi connectivity index (χ2n) is 8.66. The van der Waals surface area contributed by atoms with E-state index >= 15 is 0 Å². The summed E-state index contributed by atoms with van der Waals surface area (Å²) in [5.74, 6) is 5.08. The number of rotatable bonds is 5. The van der Waals surface area contributed by atoms with Crippen molar-refractivity contribution in [1.29, 1.82) is 0 Å². The van der Waals surface area contributed by atoms with E-state index in [2.05, 4.69) is 38.1 Å². The Morgan fingerprint density at radius 3 is 2.76 bits per heavy atom. The van der Waals surface area contributed by atoms with Crippen molar-refractivity contribution in [2.45, 2.75) is 32.0 Å². The van der Waals surface area contributed by atoms with E-state index in [9.17, 15) is 19.2 Å². The molecule has 2 aliphatic rings. The molecule has 0 spiro atoms. The van der Waals surface area contributed by atoms with E-state index in [1.807, 2.05) is 6.07 Å². The molecule has 38 heavy (non-hydrogen) atoms. The largest absolute Gasteiger partial charge is 0.370 e. The third-order valence-electron chi connectivity index (χ3n) is 6.09. The van der Waals surface area contributed by atoms with Gasteiger partial charge in [-0.15, -0.1) is 0 Å². The van der Waals surface area contributed by atoms with Crippen LogP contribution >= 0.6 is 11.6 Å². The van der Waals surface area contributed by atoms with E-state index in [1.54, 1.807) is 37.4 Å². The number of fused-ring (bicyclic) bond motifs is 1. The lowest BCUT2D eigenvalue weighted by Gasteiger charge is -2.29. The molecule has 5 amide bonds. The first-order valence-corrected chi connectivity index (χ1v) is 12.2. The van der Waals surface area contributed by atoms with Gasteiger partial charge in [-0.05, 0) is 41.8 Å². The number of guanidine groups is 1. The fraction of sp³-hybridized carbons (Fsp3) is 0.269. The fourth-order valence-electron chi connectivity index (χ4n) is 4.14. The minimum Gasteiger partial charge on any atom is -0.370 e. The van der Waals surface area contributed by atoms with Gasteiger partial charge in [0.2, 0.25) is 11.8 Å². The summed E-state index contributed by atoms with van der Waals surface area (Å²) in [6, 6.07) is 9.17. The first-order valence-electron chi connectivity index (χ1n) is 11.8. The van der Waals surface area contributed by atoms with Gasteiger partial charge in [0.25, 0.3) is 5.91 Å². The number of halogens is 1. The third kappa shape index (κ3) is 6.22. The Labute approximate surface area is 224 Å². The maximum absolute atomic E-state index is 12.8. The average molecular weight is 536 g/mol. The van der Waals surface area contributed by atoms with Crippen LogP contribution < -0.4 is 27.0 Å². The summed E-state index contributed by atoms with van der Waals surface area (Å²) in [5.41, 5.74) is 8.72. The maximum atomic E-state index is 12.8. The Hall–Kier alpha value is -4.56. The number of hydrogen-bond donors (Lipinski definition) is 5. The number of carbonyl (C=O) groups is 4. The summed E-state index contributed by atoms with van der Waals surface area (Å²) >= 11 is 6.29. The normalized spacial score (nSPS) is 16.8. The third-order valence-corrected chi connectivity index (χ3v) is 6.40. The number of piperidine rings is 1. The van der Waals surface area contributed by atoms with Gasteiger partial charge in [0.1, 0.15) is 6.04 Å². The Balaban J connectivity index is 1.31. The highest BCUT2D eigenvalue weighted by molar-refractivity contribution is 6.32. The van der Waals surface area contributed by atoms with Crippen molar-refractivity contribution in [2.75, 3.05) is 18.9 Å². The smallest absolute Gasteiger partial charge is 0.319 e. The molecule has 196 valence electrons. The second kappa shape index (κ2) is 11.7. The van der Waals surface area contributed by atoms with E-state index in [-0.39, 0.29) is 31.3 Å². The summed E-state index contributed by atoms with van der Waals surface area (Å²) < 4.78 is 0. The molecule has 1 unspecified atom stereocenters. The number of carbonyl (C=O) groups excluding carboxylic acids is 4. The fourth-order valence-corrected chi connectivity index (χ4v) is 4.37. The summed E-state index contributed by atoms with van der Waals surface area (Å²) in [6.45, 7) is 0.803. The Morgan fingerprint density at radius 2 is 2.03 bits per heavy atom. The Morgan fingerprint density at radius 1 is 1.21 bits per heavy atom. The quantitative estimate of drug-likeness (QED) is 0.168. The second-order valence-corrected chi connectivity index (χ2v) is 9.07. The van der Waals surface area contributed by atoms with E-state index in [4.69, 9.17) is 17.3 Å². The SMILES string of the molecule is CN=C(N)NCC#Cc1ccc(NC(=O)NCc2ccc3c(c2)CN(C2CCC(=O)NC2=O)C3=O)cc1Cl. The van der Waals surface area contributed by atoms with Crippen molar-refractivity contribution in [3.63, 3.8) is 0 Å². The van der Waals surface area contributed by atoms with Crippen molar-refractivity contribution < 1.29 is 19.2 Å². The van der Waals surface area contributed by atoms with E-state index < -0.39 is 18.0 Å². The van der Waals surface area contributed by atoms with Crippen LogP contribution in [0.25, 0.3) is 0 Å². The van der Waals surface area contributed by atoms with Crippen LogP contribution in [0.1, 0.15) is 39.9 Å². The van der Waals surface area contributed by atoms with Crippen molar-refractivity contribution >= 4 is 47.0 Å². The first-order chi connectivity index (χ1) is 18.2. The number of imide groups is 1. The van der Waals surface area contributed by atoms with Crippen molar-refractivity contribution in [3.8, 4) is 11.8 Å². The number of urea groups is 1. The maximum Gasteiger partial charge on any atom is 0.319 e. The van der Waals surface area contributed by atoms with Gasteiger partial charge in [-0.3, -0.25) is 24.7 Å². The molecule has 6 N–H and O–H groups in total. The van der Waals surface area contributed by atoms with E-state index in [0.717, 1.165) is 11.1 Å². The lowest BCUT2D eigenvalue weighted by molar-refractivity contribution is -0.136. The lowest BCUT2D eigenvalue weighted by atomic mass is 10.0. The van der Waals surface area contributed by atoms with Gasteiger partial charge in [-0.25, -0.2) is 4.79 Å². The molecule has 11 nitrogen and oxygen atoms in total. The number of nitrogens with two attached hydrogens (primary N) is 1. The average Bonchev–Trinajstić information content (AvgIpc) is 3.21. The van der Waals surface area contributed by atoms with Crippen molar-refractivity contribution in [1.82, 2.24) is 20.9 Å². The van der Waals surface area contributed by atoms with E-state index in [1.165, 1.54) is 4.90 Å². The zero-order valence-electron chi connectivity index (χ0n) is 20.6. The molecule has 0 radical (unpaired) electrons. The van der Waals surface area contributed by atoms with Crippen LogP contribution in [0.2, 0.25) is 5.02 Å². The summed E-state index contributed by atoms with van der Waals surface area (Å²) in [5, 5.41) is 11.0. The molecule has 2 aliphatic heterocycles. The highest BCUT2D eigenvalue weighted by atomic mass is 35.5. The molecule has 0 bridgehead atoms. The monoisotopic (exact) mass is 535 g/mol. The molecule has 1 atom stereocenters. The van der Waals surface area contributed by atoms with Gasteiger partial charge in [-0.2, -0.15) is 0 Å². The molecule has 1 fully saturated rings. The number of anilines is 1. The van der Waals surface area contributed by atoms with Crippen LogP contribution in [0.5, 0.6) is 0 Å². The van der Waals surface area contributed by atoms with E-state index in [0.29, 0.717) is 40.8 Å². The van der Waals surface area contributed by atoms with Gasteiger partial charge in [0.15, 0.2) is 5.96 Å². The van der Waals surface area contributed by atoms with Gasteiger partial charge >= 0.3 is 6.03 Å². The molecule has 0 aromatic heterocycles. The van der Waals surface area contributed by atoms with Gasteiger partial charge in [0, 0.05) is 43.4 Å². The Bertz CT molecular complexity index is 1400. The van der Waals surface area contributed by atoms with Crippen LogP contribution in [0.15, 0.2) is 41.4 Å². The summed E-state index contributed by atoms with van der Waals surface area (Å²) in [7, 11) is 1.57. The minimum atomic E-state index is -0.671. The highest BCUT2D eigenvalue weighted by Gasteiger charge is 2.39. The molecule has 12 heteroatoms. The predicted molar refractivity (Wildman–Crippen MR) is 142 cm³/mol. The molecule has 0 saturated carbocycles. The molecular weight excluding hydrogens is 510 g/mol. The van der Waals surface area contributed by atoms with Crippen LogP contribution in [-0.4, -0.2) is 54.2 Å². The summed E-state index contributed by atoms with van der Waals surface area (Å²) in [6.07, 6.45) is 0.501. The van der Waals surface area contributed by atoms with Gasteiger partial charge in [0.05, 0.1) is 11.6 Å². The lowest BCUT2D eigenvalue weighted by Crippen LogP contribution is -2.52. The van der Waals surface area contributed by atoms with Gasteiger partial charge in [-0.1, -0.05) is 35.6 Å². The van der Waals surface area contributed by atoms with Crippen LogP contribution in [0.3, 0.4) is 0 Å². The number of amides is 5. The molecule has 2 aromatic carbocycles. The number of benzene rings is 2. The standard InChI is InChI=1S/C26H26ClN7O4/c1-29-25(28)30-10-2-3-16-5-6-18(12-20(16)27)32-26(38)31-13-15-4-7-19-17(11-15)14-34(24(19)37)21-8-9-22(35)33-23(21)36/h4-7,11-12,21H,8-10,13-14H2,1H3,(H3,28,29,30)(H2,31,32,38)(H,33,35,36).